The highest BCUT2D eigenvalue weighted by Crippen LogP contribution is 2.10. The van der Waals surface area contributed by atoms with Gasteiger partial charge in [-0.25, -0.2) is 4.98 Å². The van der Waals surface area contributed by atoms with Gasteiger partial charge in [-0.2, -0.15) is 0 Å². The SMILES string of the molecule is CN(Cc1cccc(Br)n1)C1CNC1. The topological polar surface area (TPSA) is 28.2 Å². The molecule has 1 aliphatic heterocycles. The zero-order valence-electron chi connectivity index (χ0n) is 8.20. The van der Waals surface area contributed by atoms with Crippen LogP contribution in [0.5, 0.6) is 0 Å². The molecule has 0 unspecified atom stereocenters. The van der Waals surface area contributed by atoms with E-state index in [1.165, 1.54) is 0 Å². The molecule has 1 aromatic rings. The summed E-state index contributed by atoms with van der Waals surface area (Å²) in [5.74, 6) is 0. The molecule has 0 bridgehead atoms. The first-order chi connectivity index (χ1) is 6.75. The molecule has 2 heterocycles. The molecule has 14 heavy (non-hydrogen) atoms. The molecule has 4 heteroatoms. The van der Waals surface area contributed by atoms with Crippen LogP contribution in [0.15, 0.2) is 22.8 Å². The third-order valence-corrected chi connectivity index (χ3v) is 3.01. The Kier molecular flexibility index (Phi) is 3.15. The van der Waals surface area contributed by atoms with E-state index >= 15 is 0 Å². The lowest BCUT2D eigenvalue weighted by Crippen LogP contribution is -2.55. The molecule has 0 aliphatic carbocycles. The summed E-state index contributed by atoms with van der Waals surface area (Å²) in [7, 11) is 2.15. The average Bonchev–Trinajstić information content (AvgIpc) is 1.99. The molecule has 0 atom stereocenters. The first-order valence-electron chi connectivity index (χ1n) is 4.78. The highest BCUT2D eigenvalue weighted by atomic mass is 79.9. The van der Waals surface area contributed by atoms with Crippen molar-refractivity contribution in [3.63, 3.8) is 0 Å². The van der Waals surface area contributed by atoms with E-state index in [1.54, 1.807) is 0 Å². The summed E-state index contributed by atoms with van der Waals surface area (Å²) in [4.78, 5) is 6.75. The molecule has 2 rings (SSSR count). The summed E-state index contributed by atoms with van der Waals surface area (Å²) in [6.45, 7) is 3.13. The Bertz CT molecular complexity index is 312. The molecule has 1 aliphatic rings. The molecule has 1 N–H and O–H groups in total. The van der Waals surface area contributed by atoms with Crippen molar-refractivity contribution in [3.05, 3.63) is 28.5 Å². The molecule has 3 nitrogen and oxygen atoms in total. The van der Waals surface area contributed by atoms with Crippen LogP contribution in [0.25, 0.3) is 0 Å². The second kappa shape index (κ2) is 4.38. The van der Waals surface area contributed by atoms with Crippen molar-refractivity contribution < 1.29 is 0 Å². The fourth-order valence-electron chi connectivity index (χ4n) is 1.51. The largest absolute Gasteiger partial charge is 0.314 e. The molecule has 1 fully saturated rings. The number of hydrogen-bond donors (Lipinski definition) is 1. The Labute approximate surface area is 92.6 Å². The van der Waals surface area contributed by atoms with E-state index in [1.807, 2.05) is 12.1 Å². The van der Waals surface area contributed by atoms with Crippen LogP contribution in [0, 0.1) is 0 Å². The van der Waals surface area contributed by atoms with Crippen molar-refractivity contribution in [1.82, 2.24) is 15.2 Å². The zero-order valence-corrected chi connectivity index (χ0v) is 9.79. The fraction of sp³-hybridized carbons (Fsp3) is 0.500. The highest BCUT2D eigenvalue weighted by molar-refractivity contribution is 9.10. The number of nitrogens with zero attached hydrogens (tertiary/aromatic N) is 2. The monoisotopic (exact) mass is 255 g/mol. The Balaban J connectivity index is 1.95. The quantitative estimate of drug-likeness (QED) is 0.825. The van der Waals surface area contributed by atoms with E-state index in [2.05, 4.69) is 44.2 Å². The molecule has 0 amide bonds. The number of nitrogens with one attached hydrogen (secondary N) is 1. The minimum Gasteiger partial charge on any atom is -0.314 e. The second-order valence-corrected chi connectivity index (χ2v) is 4.49. The van der Waals surface area contributed by atoms with Gasteiger partial charge in [-0.15, -0.1) is 0 Å². The first-order valence-corrected chi connectivity index (χ1v) is 5.57. The molecule has 0 radical (unpaired) electrons. The van der Waals surface area contributed by atoms with Gasteiger partial charge in [0.15, 0.2) is 0 Å². The van der Waals surface area contributed by atoms with Crippen LogP contribution in [0.4, 0.5) is 0 Å². The molecule has 76 valence electrons. The molecule has 0 saturated carbocycles. The highest BCUT2D eigenvalue weighted by Gasteiger charge is 2.21. The van der Waals surface area contributed by atoms with E-state index in [4.69, 9.17) is 0 Å². The van der Waals surface area contributed by atoms with Gasteiger partial charge < -0.3 is 5.32 Å². The van der Waals surface area contributed by atoms with Crippen LogP contribution in [0.1, 0.15) is 5.69 Å². The second-order valence-electron chi connectivity index (χ2n) is 3.68. The van der Waals surface area contributed by atoms with Crippen molar-refractivity contribution in [2.24, 2.45) is 0 Å². The van der Waals surface area contributed by atoms with E-state index in [0.29, 0.717) is 6.04 Å². The van der Waals surface area contributed by atoms with Gasteiger partial charge in [-0.05, 0) is 35.1 Å². The zero-order chi connectivity index (χ0) is 9.97. The number of rotatable bonds is 3. The maximum Gasteiger partial charge on any atom is 0.106 e. The summed E-state index contributed by atoms with van der Waals surface area (Å²) < 4.78 is 0.912. The van der Waals surface area contributed by atoms with Gasteiger partial charge in [0, 0.05) is 25.7 Å². The van der Waals surface area contributed by atoms with E-state index in [9.17, 15) is 0 Å². The lowest BCUT2D eigenvalue weighted by molar-refractivity contribution is 0.171. The summed E-state index contributed by atoms with van der Waals surface area (Å²) >= 11 is 3.38. The van der Waals surface area contributed by atoms with E-state index < -0.39 is 0 Å². The van der Waals surface area contributed by atoms with Gasteiger partial charge in [0.25, 0.3) is 0 Å². The van der Waals surface area contributed by atoms with Gasteiger partial charge in [0.05, 0.1) is 5.69 Å². The maximum atomic E-state index is 4.41. The molecule has 0 aromatic carbocycles. The summed E-state index contributed by atoms with van der Waals surface area (Å²) in [6.07, 6.45) is 0. The van der Waals surface area contributed by atoms with Crippen LogP contribution >= 0.6 is 15.9 Å². The fourth-order valence-corrected chi connectivity index (χ4v) is 1.89. The first kappa shape index (κ1) is 10.1. The molecular weight excluding hydrogens is 242 g/mol. The predicted molar refractivity (Wildman–Crippen MR) is 60.1 cm³/mol. The maximum absolute atomic E-state index is 4.41. The third kappa shape index (κ3) is 2.32. The number of pyridine rings is 1. The van der Waals surface area contributed by atoms with Gasteiger partial charge >= 0.3 is 0 Å². The lowest BCUT2D eigenvalue weighted by Gasteiger charge is -2.35. The minimum atomic E-state index is 0.677. The van der Waals surface area contributed by atoms with E-state index in [0.717, 1.165) is 29.9 Å². The van der Waals surface area contributed by atoms with Crippen LogP contribution in [-0.4, -0.2) is 36.1 Å². The molecule has 0 spiro atoms. The number of halogens is 1. The van der Waals surface area contributed by atoms with Gasteiger partial charge in [0.1, 0.15) is 4.60 Å². The summed E-state index contributed by atoms with van der Waals surface area (Å²) in [5, 5.41) is 3.27. The smallest absolute Gasteiger partial charge is 0.106 e. The van der Waals surface area contributed by atoms with Gasteiger partial charge in [0.2, 0.25) is 0 Å². The Morgan fingerprint density at radius 1 is 1.57 bits per heavy atom. The van der Waals surface area contributed by atoms with Crippen molar-refractivity contribution in [3.8, 4) is 0 Å². The van der Waals surface area contributed by atoms with Crippen molar-refractivity contribution in [2.75, 3.05) is 20.1 Å². The van der Waals surface area contributed by atoms with Crippen LogP contribution < -0.4 is 5.32 Å². The number of likely N-dealkylation sites (N-methyl/N-ethyl adjacent to an activating group) is 1. The standard InChI is InChI=1S/C10H14BrN3/c1-14(9-5-12-6-9)7-8-3-2-4-10(11)13-8/h2-4,9,12H,5-7H2,1H3. The van der Waals surface area contributed by atoms with Crippen molar-refractivity contribution >= 4 is 15.9 Å². The third-order valence-electron chi connectivity index (χ3n) is 2.57. The van der Waals surface area contributed by atoms with Crippen LogP contribution in [0.2, 0.25) is 0 Å². The molecular formula is C10H14BrN3. The van der Waals surface area contributed by atoms with Gasteiger partial charge in [-0.3, -0.25) is 4.90 Å². The number of aromatic nitrogens is 1. The van der Waals surface area contributed by atoms with Crippen LogP contribution in [-0.2, 0) is 6.54 Å². The Hall–Kier alpha value is -0.450. The van der Waals surface area contributed by atoms with Crippen molar-refractivity contribution in [2.45, 2.75) is 12.6 Å². The lowest BCUT2D eigenvalue weighted by atomic mass is 10.1. The Morgan fingerprint density at radius 3 is 2.93 bits per heavy atom. The molecule has 1 saturated heterocycles. The average molecular weight is 256 g/mol. The van der Waals surface area contributed by atoms with Crippen LogP contribution in [0.3, 0.4) is 0 Å². The summed E-state index contributed by atoms with van der Waals surface area (Å²) in [6, 6.07) is 6.72. The van der Waals surface area contributed by atoms with Gasteiger partial charge in [-0.1, -0.05) is 6.07 Å². The van der Waals surface area contributed by atoms with Crippen molar-refractivity contribution in [1.29, 1.82) is 0 Å². The minimum absolute atomic E-state index is 0.677. The molecule has 1 aromatic heterocycles. The number of hydrogen-bond acceptors (Lipinski definition) is 3. The van der Waals surface area contributed by atoms with E-state index in [-0.39, 0.29) is 0 Å². The summed E-state index contributed by atoms with van der Waals surface area (Å²) in [5.41, 5.74) is 1.12. The Morgan fingerprint density at radius 2 is 2.36 bits per heavy atom. The predicted octanol–water partition coefficient (Wildman–Crippen LogP) is 1.25. The normalized spacial score (nSPS) is 17.1.